The zero-order valence-electron chi connectivity index (χ0n) is 9.89. The van der Waals surface area contributed by atoms with Gasteiger partial charge in [0.05, 0.1) is 0 Å². The van der Waals surface area contributed by atoms with Crippen molar-refractivity contribution in [2.24, 2.45) is 0 Å². The molecule has 2 saturated heterocycles. The third kappa shape index (κ3) is 4.84. The van der Waals surface area contributed by atoms with Gasteiger partial charge < -0.3 is 10.6 Å². The zero-order chi connectivity index (χ0) is 11.4. The summed E-state index contributed by atoms with van der Waals surface area (Å²) in [6.07, 6.45) is 0. The molecule has 0 aromatic heterocycles. The van der Waals surface area contributed by atoms with E-state index in [0.29, 0.717) is 6.54 Å². The van der Waals surface area contributed by atoms with E-state index in [9.17, 15) is 0 Å². The molecule has 2 atom stereocenters. The summed E-state index contributed by atoms with van der Waals surface area (Å²) < 4.78 is -0.776. The summed E-state index contributed by atoms with van der Waals surface area (Å²) in [5, 5.41) is 6.75. The second-order valence-electron chi connectivity index (χ2n) is 4.42. The average Bonchev–Trinajstić information content (AvgIpc) is 2.38. The monoisotopic (exact) mass is 321 g/mol. The number of hydrogen-bond donors (Lipinski definition) is 2. The number of rotatable bonds is 0. The molecule has 0 saturated carbocycles. The minimum atomic E-state index is -0.776. The molecule has 2 bridgehead atoms. The van der Waals surface area contributed by atoms with Crippen molar-refractivity contribution in [2.75, 3.05) is 58.9 Å². The van der Waals surface area contributed by atoms with Crippen LogP contribution in [0.2, 0.25) is 0 Å². The molecule has 0 amide bonds. The third-order valence-electron chi connectivity index (χ3n) is 3.25. The van der Waals surface area contributed by atoms with Crippen LogP contribution in [-0.2, 0) is 17.1 Å². The number of nitrogens with one attached hydrogen (secondary N) is 2. The molecule has 2 fully saturated rings. The van der Waals surface area contributed by atoms with Crippen LogP contribution in [0.15, 0.2) is 0 Å². The van der Waals surface area contributed by atoms with Crippen LogP contribution < -0.4 is 10.6 Å². The van der Waals surface area contributed by atoms with E-state index in [1.54, 1.807) is 0 Å². The molecule has 2 aliphatic heterocycles. The maximum Gasteiger partial charge on any atom is 0.183 e. The molecule has 0 spiro atoms. The first-order valence-corrected chi connectivity index (χ1v) is 6.71. The summed E-state index contributed by atoms with van der Waals surface area (Å²) >= 11 is 12.7. The van der Waals surface area contributed by atoms with Gasteiger partial charge in [0.15, 0.2) is 4.46 Å². The van der Waals surface area contributed by atoms with Crippen molar-refractivity contribution in [3.8, 4) is 0 Å². The van der Waals surface area contributed by atoms with Crippen molar-refractivity contribution in [2.45, 2.75) is 4.46 Å². The van der Waals surface area contributed by atoms with E-state index < -0.39 is 4.46 Å². The largest absolute Gasteiger partial charge is 0.314 e. The fourth-order valence-corrected chi connectivity index (χ4v) is 2.73. The Kier molecular flexibility index (Phi) is 7.07. The van der Waals surface area contributed by atoms with Crippen LogP contribution >= 0.6 is 23.2 Å². The minimum Gasteiger partial charge on any atom is -0.314 e. The van der Waals surface area contributed by atoms with Crippen LogP contribution in [0.1, 0.15) is 0 Å². The van der Waals surface area contributed by atoms with Gasteiger partial charge in [-0.05, 0) is 0 Å². The van der Waals surface area contributed by atoms with Crippen LogP contribution in [0.5, 0.6) is 0 Å². The van der Waals surface area contributed by atoms with Gasteiger partial charge in [-0.2, -0.15) is 0 Å². The first kappa shape index (κ1) is 16.0. The first-order valence-electron chi connectivity index (χ1n) is 5.95. The van der Waals surface area contributed by atoms with E-state index in [0.717, 1.165) is 52.4 Å². The number of halogens is 2. The summed E-state index contributed by atoms with van der Waals surface area (Å²) in [5.41, 5.74) is 0. The third-order valence-corrected chi connectivity index (χ3v) is 4.00. The Labute approximate surface area is 124 Å². The molecular formula is C10H20Cl2MnN4. The fraction of sp³-hybridized carbons (Fsp3) is 1.00. The standard InChI is InChI=1S/C10H20Cl2N4.Mn/c11-10(12)9-14-2-5-15-4-1-13-3-6-16(10)8-7-15;/h13-14H,1-9H2;. The fourth-order valence-electron chi connectivity index (χ4n) is 2.20. The van der Waals surface area contributed by atoms with E-state index in [4.69, 9.17) is 23.2 Å². The van der Waals surface area contributed by atoms with E-state index >= 15 is 0 Å². The van der Waals surface area contributed by atoms with E-state index in [1.165, 1.54) is 0 Å². The summed E-state index contributed by atoms with van der Waals surface area (Å²) in [6, 6.07) is 0. The van der Waals surface area contributed by atoms with Gasteiger partial charge in [-0.25, -0.2) is 0 Å². The van der Waals surface area contributed by atoms with Crippen molar-refractivity contribution >= 4 is 23.2 Å². The summed E-state index contributed by atoms with van der Waals surface area (Å²) in [6.45, 7) is 8.65. The molecule has 2 heterocycles. The van der Waals surface area contributed by atoms with Gasteiger partial charge in [-0.1, -0.05) is 23.2 Å². The van der Waals surface area contributed by atoms with Gasteiger partial charge in [0.1, 0.15) is 0 Å². The molecule has 2 aliphatic rings. The molecule has 0 aliphatic carbocycles. The smallest absolute Gasteiger partial charge is 0.183 e. The predicted octanol–water partition coefficient (Wildman–Crippen LogP) is -0.0743. The molecule has 2 rings (SSSR count). The van der Waals surface area contributed by atoms with Crippen LogP contribution in [0, 0.1) is 0 Å². The Hall–Kier alpha value is 0.939. The first-order chi connectivity index (χ1) is 7.68. The van der Waals surface area contributed by atoms with Crippen LogP contribution in [-0.4, -0.2) is 73.2 Å². The molecule has 101 valence electrons. The van der Waals surface area contributed by atoms with Crippen LogP contribution in [0.25, 0.3) is 0 Å². The molecule has 0 aromatic carbocycles. The van der Waals surface area contributed by atoms with Gasteiger partial charge >= 0.3 is 0 Å². The van der Waals surface area contributed by atoms with E-state index in [-0.39, 0.29) is 17.1 Å². The maximum atomic E-state index is 6.37. The predicted molar refractivity (Wildman–Crippen MR) is 68.2 cm³/mol. The van der Waals surface area contributed by atoms with Gasteiger partial charge in [-0.15, -0.1) is 0 Å². The van der Waals surface area contributed by atoms with E-state index in [2.05, 4.69) is 20.4 Å². The SMILES string of the molecule is ClC1(Cl)CNCCN2CCNCCN1CC2.[Mn]. The van der Waals surface area contributed by atoms with Gasteiger partial charge in [0, 0.05) is 76.0 Å². The molecule has 17 heavy (non-hydrogen) atoms. The Morgan fingerprint density at radius 1 is 0.824 bits per heavy atom. The second kappa shape index (κ2) is 7.51. The Morgan fingerprint density at radius 3 is 2.24 bits per heavy atom. The van der Waals surface area contributed by atoms with Gasteiger partial charge in [0.2, 0.25) is 0 Å². The molecular weight excluding hydrogens is 302 g/mol. The number of fused-ring (bicyclic) bond motifs is 3. The Balaban J connectivity index is 0.00000144. The molecule has 2 unspecified atom stereocenters. The Morgan fingerprint density at radius 2 is 1.47 bits per heavy atom. The van der Waals surface area contributed by atoms with Crippen LogP contribution in [0.3, 0.4) is 0 Å². The molecule has 0 aromatic rings. The Bertz CT molecular complexity index is 230. The van der Waals surface area contributed by atoms with Gasteiger partial charge in [0.25, 0.3) is 0 Å². The van der Waals surface area contributed by atoms with Crippen molar-refractivity contribution < 1.29 is 17.1 Å². The molecule has 4 nitrogen and oxygen atoms in total. The number of alkyl halides is 2. The van der Waals surface area contributed by atoms with Crippen molar-refractivity contribution in [3.63, 3.8) is 0 Å². The minimum absolute atomic E-state index is 0. The van der Waals surface area contributed by atoms with Crippen LogP contribution in [0.4, 0.5) is 0 Å². The molecule has 7 heteroatoms. The zero-order valence-corrected chi connectivity index (χ0v) is 12.6. The van der Waals surface area contributed by atoms with Crippen molar-refractivity contribution in [1.82, 2.24) is 20.4 Å². The molecule has 1 radical (unpaired) electrons. The number of nitrogens with zero attached hydrogens (tertiary/aromatic N) is 2. The molecule has 2 N–H and O–H groups in total. The van der Waals surface area contributed by atoms with Crippen molar-refractivity contribution in [3.05, 3.63) is 0 Å². The topological polar surface area (TPSA) is 30.5 Å². The normalized spacial score (nSPS) is 34.2. The summed E-state index contributed by atoms with van der Waals surface area (Å²) in [5.74, 6) is 0. The van der Waals surface area contributed by atoms with Gasteiger partial charge in [-0.3, -0.25) is 9.80 Å². The second-order valence-corrected chi connectivity index (χ2v) is 5.87. The average molecular weight is 322 g/mol. The summed E-state index contributed by atoms with van der Waals surface area (Å²) in [4.78, 5) is 4.60. The van der Waals surface area contributed by atoms with E-state index in [1.807, 2.05) is 0 Å². The summed E-state index contributed by atoms with van der Waals surface area (Å²) in [7, 11) is 0. The number of hydrogen-bond acceptors (Lipinski definition) is 4. The van der Waals surface area contributed by atoms with Crippen molar-refractivity contribution in [1.29, 1.82) is 0 Å². The quantitative estimate of drug-likeness (QED) is 0.371. The maximum absolute atomic E-state index is 6.37.